The first-order valence-corrected chi connectivity index (χ1v) is 15.4. The van der Waals surface area contributed by atoms with E-state index in [1.54, 1.807) is 37.4 Å². The Hall–Kier alpha value is -3.56. The molecule has 0 radical (unpaired) electrons. The number of rotatable bonds is 13. The summed E-state index contributed by atoms with van der Waals surface area (Å²) in [6, 6.07) is 19.1. The van der Waals surface area contributed by atoms with Crippen LogP contribution in [0.15, 0.2) is 77.7 Å². The highest BCUT2D eigenvalue weighted by Crippen LogP contribution is 2.26. The first-order valence-electron chi connectivity index (χ1n) is 13.6. The molecule has 220 valence electrons. The summed E-state index contributed by atoms with van der Waals surface area (Å²) < 4.78 is 34.2. The number of benzene rings is 3. The molecule has 0 bridgehead atoms. The monoisotopic (exact) mass is 599 g/mol. The predicted octanol–water partition coefficient (Wildman–Crippen LogP) is 5.57. The van der Waals surface area contributed by atoms with E-state index in [4.69, 9.17) is 16.3 Å². The van der Waals surface area contributed by atoms with Gasteiger partial charge in [0, 0.05) is 17.6 Å². The normalized spacial score (nSPS) is 12.7. The lowest BCUT2D eigenvalue weighted by molar-refractivity contribution is -0.140. The molecule has 0 unspecified atom stereocenters. The Balaban J connectivity index is 2.05. The standard InChI is InChI=1S/C31H38ClN3O5S/c1-6-23(4)33-31(37)29(7-2)34(20-24-11-15-27(40-5)16-12-24)30(36)21-35(26-10-8-9-22(3)19-26)41(38,39)28-17-13-25(32)14-18-28/h8-19,23,29H,6-7,20-21H2,1-5H3,(H,33,37)/t23-,29-/m1/s1. The fourth-order valence-electron chi connectivity index (χ4n) is 4.33. The topological polar surface area (TPSA) is 96.0 Å². The third-order valence-electron chi connectivity index (χ3n) is 6.87. The van der Waals surface area contributed by atoms with Crippen molar-refractivity contribution in [3.63, 3.8) is 0 Å². The molecule has 3 aromatic carbocycles. The highest BCUT2D eigenvalue weighted by molar-refractivity contribution is 7.92. The SMILES string of the molecule is CC[C@@H](C)NC(=O)[C@@H](CC)N(Cc1ccc(OC)cc1)C(=O)CN(c1cccc(C)c1)S(=O)(=O)c1ccc(Cl)cc1. The lowest BCUT2D eigenvalue weighted by Gasteiger charge is -2.33. The van der Waals surface area contributed by atoms with E-state index in [0.717, 1.165) is 21.9 Å². The molecule has 3 rings (SSSR count). The second kappa shape index (κ2) is 14.4. The summed E-state index contributed by atoms with van der Waals surface area (Å²) in [6.07, 6.45) is 1.08. The number of sulfonamides is 1. The molecule has 0 saturated heterocycles. The molecular formula is C31H38ClN3O5S. The predicted molar refractivity (Wildman–Crippen MR) is 163 cm³/mol. The Labute approximate surface area is 248 Å². The molecule has 0 fully saturated rings. The number of amides is 2. The summed E-state index contributed by atoms with van der Waals surface area (Å²) in [5.41, 5.74) is 1.95. The molecule has 0 aliphatic carbocycles. The van der Waals surface area contributed by atoms with Crippen molar-refractivity contribution >= 4 is 39.1 Å². The van der Waals surface area contributed by atoms with Gasteiger partial charge >= 0.3 is 0 Å². The van der Waals surface area contributed by atoms with Gasteiger partial charge in [0.05, 0.1) is 17.7 Å². The van der Waals surface area contributed by atoms with Crippen molar-refractivity contribution in [1.29, 1.82) is 0 Å². The number of carbonyl (C=O) groups is 2. The molecule has 1 N–H and O–H groups in total. The molecule has 2 atom stereocenters. The van der Waals surface area contributed by atoms with Gasteiger partial charge in [0.25, 0.3) is 10.0 Å². The zero-order chi connectivity index (χ0) is 30.2. The van der Waals surface area contributed by atoms with E-state index in [2.05, 4.69) is 5.32 Å². The maximum absolute atomic E-state index is 14.1. The van der Waals surface area contributed by atoms with Gasteiger partial charge < -0.3 is 15.0 Å². The Kier molecular flexibility index (Phi) is 11.2. The van der Waals surface area contributed by atoms with Crippen LogP contribution in [0.2, 0.25) is 5.02 Å². The van der Waals surface area contributed by atoms with Gasteiger partial charge in [-0.3, -0.25) is 13.9 Å². The number of halogens is 1. The van der Waals surface area contributed by atoms with E-state index in [1.165, 1.54) is 29.2 Å². The van der Waals surface area contributed by atoms with E-state index < -0.39 is 28.5 Å². The molecule has 0 spiro atoms. The number of ether oxygens (including phenoxy) is 1. The van der Waals surface area contributed by atoms with Crippen LogP contribution >= 0.6 is 11.6 Å². The van der Waals surface area contributed by atoms with Gasteiger partial charge in [-0.05, 0) is 86.3 Å². The van der Waals surface area contributed by atoms with Crippen molar-refractivity contribution in [2.45, 2.75) is 64.1 Å². The van der Waals surface area contributed by atoms with Crippen LogP contribution < -0.4 is 14.4 Å². The first-order chi connectivity index (χ1) is 19.5. The van der Waals surface area contributed by atoms with E-state index in [0.29, 0.717) is 22.9 Å². The third-order valence-corrected chi connectivity index (χ3v) is 8.91. The number of methoxy groups -OCH3 is 1. The van der Waals surface area contributed by atoms with E-state index >= 15 is 0 Å². The van der Waals surface area contributed by atoms with Crippen molar-refractivity contribution < 1.29 is 22.7 Å². The number of hydrogen-bond acceptors (Lipinski definition) is 5. The number of hydrogen-bond donors (Lipinski definition) is 1. The number of aryl methyl sites for hydroxylation is 1. The van der Waals surface area contributed by atoms with Crippen LogP contribution in [0.3, 0.4) is 0 Å². The molecule has 0 aromatic heterocycles. The second-order valence-corrected chi connectivity index (χ2v) is 12.2. The summed E-state index contributed by atoms with van der Waals surface area (Å²) in [5.74, 6) is -0.134. The molecular weight excluding hydrogens is 562 g/mol. The van der Waals surface area contributed by atoms with Crippen molar-refractivity contribution in [1.82, 2.24) is 10.2 Å². The van der Waals surface area contributed by atoms with Gasteiger partial charge in [-0.2, -0.15) is 0 Å². The lowest BCUT2D eigenvalue weighted by Crippen LogP contribution is -2.53. The van der Waals surface area contributed by atoms with Crippen LogP contribution in [0.1, 0.15) is 44.7 Å². The minimum atomic E-state index is -4.16. The lowest BCUT2D eigenvalue weighted by atomic mass is 10.1. The quantitative estimate of drug-likeness (QED) is 0.277. The van der Waals surface area contributed by atoms with Gasteiger partial charge in [0.2, 0.25) is 11.8 Å². The number of nitrogens with zero attached hydrogens (tertiary/aromatic N) is 2. The van der Waals surface area contributed by atoms with Gasteiger partial charge in [0.15, 0.2) is 0 Å². The smallest absolute Gasteiger partial charge is 0.264 e. The van der Waals surface area contributed by atoms with Crippen LogP contribution in [-0.4, -0.2) is 50.9 Å². The summed E-state index contributed by atoms with van der Waals surface area (Å²) in [5, 5.41) is 3.37. The van der Waals surface area contributed by atoms with Gasteiger partial charge in [-0.1, -0.05) is 49.7 Å². The fraction of sp³-hybridized carbons (Fsp3) is 0.355. The van der Waals surface area contributed by atoms with Crippen LogP contribution in [0.5, 0.6) is 5.75 Å². The summed E-state index contributed by atoms with van der Waals surface area (Å²) in [6.45, 7) is 7.15. The fourth-order valence-corrected chi connectivity index (χ4v) is 5.87. The van der Waals surface area contributed by atoms with Crippen LogP contribution in [-0.2, 0) is 26.2 Å². The minimum absolute atomic E-state index is 0.000495. The summed E-state index contributed by atoms with van der Waals surface area (Å²) in [7, 11) is -2.60. The second-order valence-electron chi connectivity index (χ2n) is 9.92. The summed E-state index contributed by atoms with van der Waals surface area (Å²) >= 11 is 6.01. The Morgan fingerprint density at radius 1 is 0.976 bits per heavy atom. The van der Waals surface area contributed by atoms with Crippen molar-refractivity contribution in [2.75, 3.05) is 18.0 Å². The molecule has 0 aliphatic heterocycles. The third kappa shape index (κ3) is 8.24. The van der Waals surface area contributed by atoms with Crippen molar-refractivity contribution in [2.24, 2.45) is 0 Å². The van der Waals surface area contributed by atoms with Crippen molar-refractivity contribution in [3.8, 4) is 5.75 Å². The highest BCUT2D eigenvalue weighted by atomic mass is 35.5. The molecule has 2 amide bonds. The van der Waals surface area contributed by atoms with Gasteiger partial charge in [0.1, 0.15) is 18.3 Å². The molecule has 41 heavy (non-hydrogen) atoms. The van der Waals surface area contributed by atoms with Gasteiger partial charge in [-0.25, -0.2) is 8.42 Å². The molecule has 0 saturated carbocycles. The largest absolute Gasteiger partial charge is 0.497 e. The maximum atomic E-state index is 14.1. The highest BCUT2D eigenvalue weighted by Gasteiger charge is 2.34. The zero-order valence-corrected chi connectivity index (χ0v) is 25.7. The van der Waals surface area contributed by atoms with Crippen LogP contribution in [0.25, 0.3) is 0 Å². The Morgan fingerprint density at radius 2 is 1.63 bits per heavy atom. The molecule has 3 aromatic rings. The molecule has 0 heterocycles. The molecule has 10 heteroatoms. The van der Waals surface area contributed by atoms with Crippen LogP contribution in [0.4, 0.5) is 5.69 Å². The molecule has 0 aliphatic rings. The maximum Gasteiger partial charge on any atom is 0.264 e. The first kappa shape index (κ1) is 32.0. The minimum Gasteiger partial charge on any atom is -0.497 e. The Morgan fingerprint density at radius 3 is 2.20 bits per heavy atom. The number of anilines is 1. The number of nitrogens with one attached hydrogen (secondary N) is 1. The zero-order valence-electron chi connectivity index (χ0n) is 24.1. The van der Waals surface area contributed by atoms with E-state index in [-0.39, 0.29) is 23.4 Å². The molecule has 8 nitrogen and oxygen atoms in total. The average molecular weight is 600 g/mol. The van der Waals surface area contributed by atoms with Crippen LogP contribution in [0, 0.1) is 6.92 Å². The van der Waals surface area contributed by atoms with E-state index in [9.17, 15) is 18.0 Å². The van der Waals surface area contributed by atoms with Crippen molar-refractivity contribution in [3.05, 3.63) is 88.9 Å². The summed E-state index contributed by atoms with van der Waals surface area (Å²) in [4.78, 5) is 28.9. The van der Waals surface area contributed by atoms with Gasteiger partial charge in [-0.15, -0.1) is 0 Å². The average Bonchev–Trinajstić information content (AvgIpc) is 2.96. The number of carbonyl (C=O) groups excluding carboxylic acids is 2. The Bertz CT molecular complexity index is 1430. The van der Waals surface area contributed by atoms with E-state index in [1.807, 2.05) is 45.9 Å².